The van der Waals surface area contributed by atoms with E-state index in [2.05, 4.69) is 11.8 Å². The largest absolute Gasteiger partial charge is 0.481 e. The lowest BCUT2D eigenvalue weighted by Gasteiger charge is -2.34. The Hall–Kier alpha value is -0.610. The van der Waals surface area contributed by atoms with Gasteiger partial charge in [0.2, 0.25) is 0 Å². The highest BCUT2D eigenvalue weighted by Gasteiger charge is 2.26. The van der Waals surface area contributed by atoms with Gasteiger partial charge in [-0.15, -0.1) is 0 Å². The number of carboxylic acids is 1. The number of hydrogen-bond acceptors (Lipinski definition) is 3. The van der Waals surface area contributed by atoms with Gasteiger partial charge in [0.1, 0.15) is 0 Å². The van der Waals surface area contributed by atoms with Crippen LogP contribution in [-0.4, -0.2) is 46.8 Å². The minimum absolute atomic E-state index is 0.147. The molecule has 0 unspecified atom stereocenters. The highest BCUT2D eigenvalue weighted by Crippen LogP contribution is 2.20. The molecule has 0 aliphatic carbocycles. The maximum Gasteiger partial charge on any atom is 0.306 e. The molecule has 0 saturated carbocycles. The number of nitrogens with zero attached hydrogens (tertiary/aromatic N) is 1. The average Bonchev–Trinajstić information content (AvgIpc) is 2.26. The Bertz CT molecular complexity index is 200. The van der Waals surface area contributed by atoms with E-state index >= 15 is 0 Å². The number of likely N-dealkylation sites (tertiary alicyclic amines) is 1. The summed E-state index contributed by atoms with van der Waals surface area (Å²) >= 11 is 0. The molecular formula is C11H21NO3. The van der Waals surface area contributed by atoms with E-state index in [9.17, 15) is 4.79 Å². The summed E-state index contributed by atoms with van der Waals surface area (Å²) < 4.78 is 0. The van der Waals surface area contributed by atoms with Crippen LogP contribution in [0.1, 0.15) is 32.6 Å². The molecule has 0 amide bonds. The molecule has 0 aromatic carbocycles. The van der Waals surface area contributed by atoms with E-state index in [1.54, 1.807) is 0 Å². The molecule has 0 spiro atoms. The molecule has 0 radical (unpaired) electrons. The maximum atomic E-state index is 10.8. The Kier molecular flexibility index (Phi) is 5.05. The van der Waals surface area contributed by atoms with E-state index in [-0.39, 0.29) is 12.5 Å². The van der Waals surface area contributed by atoms with Crippen LogP contribution >= 0.6 is 0 Å². The lowest BCUT2D eigenvalue weighted by molar-refractivity contribution is -0.143. The highest BCUT2D eigenvalue weighted by molar-refractivity contribution is 5.70. The standard InChI is InChI=1S/C11H21NO3/c1-9(3-2-8-13)12-6-4-10(5-7-12)11(14)15/h9-10,13H,2-8H2,1H3,(H,14,15)/t9-/m1/s1. The third-order valence-corrected chi connectivity index (χ3v) is 3.28. The number of hydrogen-bond donors (Lipinski definition) is 2. The summed E-state index contributed by atoms with van der Waals surface area (Å²) in [4.78, 5) is 13.1. The third kappa shape index (κ3) is 3.80. The van der Waals surface area contributed by atoms with E-state index in [0.717, 1.165) is 38.8 Å². The van der Waals surface area contributed by atoms with Crippen molar-refractivity contribution in [3.05, 3.63) is 0 Å². The van der Waals surface area contributed by atoms with Crippen LogP contribution in [0.3, 0.4) is 0 Å². The monoisotopic (exact) mass is 215 g/mol. The van der Waals surface area contributed by atoms with Crippen molar-refractivity contribution in [2.45, 2.75) is 38.6 Å². The summed E-state index contributed by atoms with van der Waals surface area (Å²) in [6, 6.07) is 0.465. The Morgan fingerprint density at radius 1 is 1.47 bits per heavy atom. The number of aliphatic hydroxyl groups is 1. The molecule has 15 heavy (non-hydrogen) atoms. The Balaban J connectivity index is 2.27. The number of carboxylic acid groups (broad SMARTS) is 1. The second-order valence-corrected chi connectivity index (χ2v) is 4.36. The van der Waals surface area contributed by atoms with Crippen LogP contribution in [0.2, 0.25) is 0 Å². The summed E-state index contributed by atoms with van der Waals surface area (Å²) in [7, 11) is 0. The quantitative estimate of drug-likeness (QED) is 0.716. The normalized spacial score (nSPS) is 21.5. The predicted molar refractivity (Wildman–Crippen MR) is 57.7 cm³/mol. The molecule has 4 heteroatoms. The Morgan fingerprint density at radius 3 is 2.53 bits per heavy atom. The van der Waals surface area contributed by atoms with Crippen molar-refractivity contribution in [2.24, 2.45) is 5.92 Å². The van der Waals surface area contributed by atoms with Crippen molar-refractivity contribution in [1.29, 1.82) is 0 Å². The first-order valence-electron chi connectivity index (χ1n) is 5.73. The van der Waals surface area contributed by atoms with Gasteiger partial charge in [0.05, 0.1) is 5.92 Å². The van der Waals surface area contributed by atoms with Crippen molar-refractivity contribution in [2.75, 3.05) is 19.7 Å². The van der Waals surface area contributed by atoms with Crippen LogP contribution in [0.5, 0.6) is 0 Å². The average molecular weight is 215 g/mol. The molecule has 0 aromatic heterocycles. The van der Waals surface area contributed by atoms with Crippen LogP contribution in [0, 0.1) is 5.92 Å². The Labute approximate surface area is 90.9 Å². The minimum Gasteiger partial charge on any atom is -0.481 e. The molecule has 1 fully saturated rings. The molecule has 1 aliphatic rings. The van der Waals surface area contributed by atoms with Crippen molar-refractivity contribution in [3.8, 4) is 0 Å². The number of aliphatic carboxylic acids is 1. The smallest absolute Gasteiger partial charge is 0.306 e. The molecule has 1 rings (SSSR count). The number of carbonyl (C=O) groups is 1. The van der Waals surface area contributed by atoms with Gasteiger partial charge in [-0.1, -0.05) is 0 Å². The predicted octanol–water partition coefficient (Wildman–Crippen LogP) is 0.944. The zero-order chi connectivity index (χ0) is 11.3. The Morgan fingerprint density at radius 2 is 2.07 bits per heavy atom. The summed E-state index contributed by atoms with van der Waals surface area (Å²) in [5.41, 5.74) is 0. The zero-order valence-corrected chi connectivity index (χ0v) is 9.35. The van der Waals surface area contributed by atoms with Gasteiger partial charge in [0.25, 0.3) is 0 Å². The van der Waals surface area contributed by atoms with E-state index in [0.29, 0.717) is 6.04 Å². The molecule has 1 atom stereocenters. The summed E-state index contributed by atoms with van der Waals surface area (Å²) in [5, 5.41) is 17.6. The first-order chi connectivity index (χ1) is 7.15. The minimum atomic E-state index is -0.655. The lowest BCUT2D eigenvalue weighted by atomic mass is 9.95. The highest BCUT2D eigenvalue weighted by atomic mass is 16.4. The van der Waals surface area contributed by atoms with Gasteiger partial charge in [-0.05, 0) is 45.7 Å². The zero-order valence-electron chi connectivity index (χ0n) is 9.35. The molecule has 4 nitrogen and oxygen atoms in total. The fourth-order valence-electron chi connectivity index (χ4n) is 2.16. The fraction of sp³-hybridized carbons (Fsp3) is 0.909. The van der Waals surface area contributed by atoms with Crippen LogP contribution < -0.4 is 0 Å². The van der Waals surface area contributed by atoms with Gasteiger partial charge in [-0.2, -0.15) is 0 Å². The number of rotatable bonds is 5. The first-order valence-corrected chi connectivity index (χ1v) is 5.73. The van der Waals surface area contributed by atoms with Gasteiger partial charge in [-0.3, -0.25) is 4.79 Å². The molecule has 1 aliphatic heterocycles. The molecule has 0 bridgehead atoms. The van der Waals surface area contributed by atoms with Crippen molar-refractivity contribution < 1.29 is 15.0 Å². The van der Waals surface area contributed by atoms with Gasteiger partial charge < -0.3 is 15.1 Å². The summed E-state index contributed by atoms with van der Waals surface area (Å²) in [5.74, 6) is -0.802. The fourth-order valence-corrected chi connectivity index (χ4v) is 2.16. The molecule has 0 aromatic rings. The second-order valence-electron chi connectivity index (χ2n) is 4.36. The van der Waals surface area contributed by atoms with Crippen molar-refractivity contribution >= 4 is 5.97 Å². The van der Waals surface area contributed by atoms with Gasteiger partial charge in [-0.25, -0.2) is 0 Å². The molecular weight excluding hydrogens is 194 g/mol. The summed E-state index contributed by atoms with van der Waals surface area (Å²) in [6.07, 6.45) is 3.35. The van der Waals surface area contributed by atoms with E-state index in [4.69, 9.17) is 10.2 Å². The molecule has 1 saturated heterocycles. The molecule has 1 heterocycles. The second kappa shape index (κ2) is 6.08. The van der Waals surface area contributed by atoms with Gasteiger partial charge >= 0.3 is 5.97 Å². The first kappa shape index (κ1) is 12.5. The van der Waals surface area contributed by atoms with Crippen LogP contribution in [-0.2, 0) is 4.79 Å². The lowest BCUT2D eigenvalue weighted by Crippen LogP contribution is -2.41. The van der Waals surface area contributed by atoms with Gasteiger partial charge in [0, 0.05) is 12.6 Å². The molecule has 88 valence electrons. The van der Waals surface area contributed by atoms with Crippen molar-refractivity contribution in [1.82, 2.24) is 4.90 Å². The van der Waals surface area contributed by atoms with E-state index in [1.165, 1.54) is 0 Å². The van der Waals surface area contributed by atoms with Crippen LogP contribution in [0.4, 0.5) is 0 Å². The molecule has 2 N–H and O–H groups in total. The van der Waals surface area contributed by atoms with E-state index in [1.807, 2.05) is 0 Å². The maximum absolute atomic E-state index is 10.8. The van der Waals surface area contributed by atoms with Crippen LogP contribution in [0.15, 0.2) is 0 Å². The number of piperidine rings is 1. The third-order valence-electron chi connectivity index (χ3n) is 3.28. The topological polar surface area (TPSA) is 60.8 Å². The van der Waals surface area contributed by atoms with Crippen LogP contribution in [0.25, 0.3) is 0 Å². The van der Waals surface area contributed by atoms with Crippen molar-refractivity contribution in [3.63, 3.8) is 0 Å². The SMILES string of the molecule is C[C@H](CCCO)N1CCC(C(=O)O)CC1. The van der Waals surface area contributed by atoms with E-state index < -0.39 is 5.97 Å². The summed E-state index contributed by atoms with van der Waals surface area (Å²) in [6.45, 7) is 4.15. The van der Waals surface area contributed by atoms with Gasteiger partial charge in [0.15, 0.2) is 0 Å². The number of aliphatic hydroxyl groups excluding tert-OH is 1.